The highest BCUT2D eigenvalue weighted by Crippen LogP contribution is 2.28. The molecular formula is C12H12BrIN2S. The van der Waals surface area contributed by atoms with Crippen molar-refractivity contribution in [3.05, 3.63) is 54.2 Å². The number of hydrogen-bond acceptors (Lipinski definition) is 3. The molecule has 0 saturated heterocycles. The van der Waals surface area contributed by atoms with Crippen molar-refractivity contribution in [2.24, 2.45) is 5.84 Å². The Kier molecular flexibility index (Phi) is 4.98. The third-order valence-electron chi connectivity index (χ3n) is 2.52. The van der Waals surface area contributed by atoms with Gasteiger partial charge >= 0.3 is 0 Å². The van der Waals surface area contributed by atoms with Crippen molar-refractivity contribution in [2.45, 2.75) is 12.5 Å². The summed E-state index contributed by atoms with van der Waals surface area (Å²) in [7, 11) is 0. The summed E-state index contributed by atoms with van der Waals surface area (Å²) in [5.41, 5.74) is 4.15. The van der Waals surface area contributed by atoms with E-state index >= 15 is 0 Å². The molecule has 5 heteroatoms. The molecule has 0 aliphatic rings. The van der Waals surface area contributed by atoms with Crippen LogP contribution in [-0.4, -0.2) is 0 Å². The van der Waals surface area contributed by atoms with Crippen molar-refractivity contribution in [3.8, 4) is 0 Å². The van der Waals surface area contributed by atoms with Gasteiger partial charge in [-0.05, 0) is 62.3 Å². The normalized spacial score (nSPS) is 12.6. The summed E-state index contributed by atoms with van der Waals surface area (Å²) in [4.78, 5) is 1.32. The minimum atomic E-state index is 0.161. The molecule has 0 spiro atoms. The topological polar surface area (TPSA) is 38.0 Å². The lowest BCUT2D eigenvalue weighted by atomic mass is 10.0. The van der Waals surface area contributed by atoms with E-state index in [1.54, 1.807) is 11.3 Å². The van der Waals surface area contributed by atoms with Gasteiger partial charge in [-0.25, -0.2) is 0 Å². The Balaban J connectivity index is 2.20. The van der Waals surface area contributed by atoms with Gasteiger partial charge in [-0.15, -0.1) is 11.3 Å². The molecule has 0 saturated carbocycles. The van der Waals surface area contributed by atoms with Crippen LogP contribution in [0.2, 0.25) is 0 Å². The molecule has 1 aromatic heterocycles. The second kappa shape index (κ2) is 6.29. The fourth-order valence-electron chi connectivity index (χ4n) is 1.68. The predicted octanol–water partition coefficient (Wildman–Crippen LogP) is 3.86. The van der Waals surface area contributed by atoms with Crippen LogP contribution in [0.15, 0.2) is 40.2 Å². The molecule has 0 bridgehead atoms. The molecule has 1 atom stereocenters. The van der Waals surface area contributed by atoms with E-state index in [9.17, 15) is 0 Å². The number of hydrogen-bond donors (Lipinski definition) is 2. The summed E-state index contributed by atoms with van der Waals surface area (Å²) in [5, 5.41) is 0. The third kappa shape index (κ3) is 3.51. The van der Waals surface area contributed by atoms with Gasteiger partial charge in [-0.1, -0.05) is 18.2 Å². The van der Waals surface area contributed by atoms with Crippen molar-refractivity contribution in [2.75, 3.05) is 0 Å². The molecule has 0 aliphatic heterocycles. The minimum Gasteiger partial charge on any atom is -0.271 e. The zero-order valence-corrected chi connectivity index (χ0v) is 13.6. The Bertz CT molecular complexity index is 501. The van der Waals surface area contributed by atoms with Gasteiger partial charge < -0.3 is 0 Å². The van der Waals surface area contributed by atoms with Gasteiger partial charge in [0.2, 0.25) is 0 Å². The molecule has 17 heavy (non-hydrogen) atoms. The summed E-state index contributed by atoms with van der Waals surface area (Å²) in [6, 6.07) is 12.7. The Morgan fingerprint density at radius 2 is 2.06 bits per heavy atom. The maximum absolute atomic E-state index is 5.67. The first-order chi connectivity index (χ1) is 8.20. The summed E-state index contributed by atoms with van der Waals surface area (Å²) in [6.07, 6.45) is 0.910. The average Bonchev–Trinajstić information content (AvgIpc) is 2.73. The molecule has 0 aliphatic carbocycles. The Hall–Kier alpha value is 0.0500. The van der Waals surface area contributed by atoms with Gasteiger partial charge in [0, 0.05) is 14.9 Å². The highest BCUT2D eigenvalue weighted by molar-refractivity contribution is 14.1. The first-order valence-corrected chi connectivity index (χ1v) is 7.84. The summed E-state index contributed by atoms with van der Waals surface area (Å²) < 4.78 is 2.40. The van der Waals surface area contributed by atoms with Crippen LogP contribution in [0.4, 0.5) is 0 Å². The largest absolute Gasteiger partial charge is 0.271 e. The van der Waals surface area contributed by atoms with E-state index in [2.05, 4.69) is 68.2 Å². The monoisotopic (exact) mass is 422 g/mol. The minimum absolute atomic E-state index is 0.161. The Labute approximate surface area is 127 Å². The fourth-order valence-corrected chi connectivity index (χ4v) is 3.97. The fraction of sp³-hybridized carbons (Fsp3) is 0.167. The SMILES string of the molecule is NNC(Cc1ccc(Br)s1)c1ccccc1I. The number of nitrogens with two attached hydrogens (primary N) is 1. The van der Waals surface area contributed by atoms with Gasteiger partial charge in [0.15, 0.2) is 0 Å². The number of thiophene rings is 1. The lowest BCUT2D eigenvalue weighted by molar-refractivity contribution is 0.553. The van der Waals surface area contributed by atoms with Crippen LogP contribution in [0.5, 0.6) is 0 Å². The van der Waals surface area contributed by atoms with Crippen LogP contribution < -0.4 is 11.3 Å². The van der Waals surface area contributed by atoms with E-state index < -0.39 is 0 Å². The quantitative estimate of drug-likeness (QED) is 0.446. The van der Waals surface area contributed by atoms with Gasteiger partial charge in [-0.2, -0.15) is 0 Å². The first-order valence-electron chi connectivity index (χ1n) is 5.15. The van der Waals surface area contributed by atoms with Crippen LogP contribution >= 0.6 is 49.9 Å². The summed E-state index contributed by atoms with van der Waals surface area (Å²) in [5.74, 6) is 5.67. The number of nitrogens with one attached hydrogen (secondary N) is 1. The number of halogens is 2. The average molecular weight is 423 g/mol. The zero-order valence-electron chi connectivity index (χ0n) is 8.99. The molecule has 3 N–H and O–H groups in total. The standard InChI is InChI=1S/C12H12BrIN2S/c13-12-6-5-8(17-12)7-11(16-15)9-3-1-2-4-10(9)14/h1-6,11,16H,7,15H2. The third-order valence-corrected chi connectivity index (χ3v) is 5.14. The second-order valence-corrected chi connectivity index (χ2v) is 7.36. The van der Waals surface area contributed by atoms with Crippen molar-refractivity contribution < 1.29 is 0 Å². The van der Waals surface area contributed by atoms with Crippen LogP contribution in [0, 0.1) is 3.57 Å². The van der Waals surface area contributed by atoms with Crippen molar-refractivity contribution in [3.63, 3.8) is 0 Å². The van der Waals surface area contributed by atoms with Crippen LogP contribution in [-0.2, 0) is 6.42 Å². The summed E-state index contributed by atoms with van der Waals surface area (Å²) in [6.45, 7) is 0. The van der Waals surface area contributed by atoms with E-state index in [0.29, 0.717) is 0 Å². The van der Waals surface area contributed by atoms with Crippen LogP contribution in [0.25, 0.3) is 0 Å². The zero-order chi connectivity index (χ0) is 12.3. The molecule has 1 aromatic carbocycles. The number of hydrazine groups is 1. The van der Waals surface area contributed by atoms with Crippen molar-refractivity contribution in [1.82, 2.24) is 5.43 Å². The Morgan fingerprint density at radius 3 is 2.65 bits per heavy atom. The Morgan fingerprint density at radius 1 is 1.29 bits per heavy atom. The highest BCUT2D eigenvalue weighted by atomic mass is 127. The van der Waals surface area contributed by atoms with E-state index in [0.717, 1.165) is 10.2 Å². The van der Waals surface area contributed by atoms with Gasteiger partial charge in [-0.3, -0.25) is 11.3 Å². The smallest absolute Gasteiger partial charge is 0.0701 e. The van der Waals surface area contributed by atoms with E-state index in [-0.39, 0.29) is 6.04 Å². The predicted molar refractivity (Wildman–Crippen MR) is 84.9 cm³/mol. The molecule has 2 aromatic rings. The van der Waals surface area contributed by atoms with Gasteiger partial charge in [0.05, 0.1) is 9.83 Å². The first kappa shape index (κ1) is 13.5. The molecule has 0 radical (unpaired) electrons. The number of benzene rings is 1. The molecular weight excluding hydrogens is 411 g/mol. The molecule has 0 amide bonds. The lowest BCUT2D eigenvalue weighted by Crippen LogP contribution is -2.29. The van der Waals surface area contributed by atoms with Crippen LogP contribution in [0.3, 0.4) is 0 Å². The van der Waals surface area contributed by atoms with E-state index in [1.165, 1.54) is 14.0 Å². The van der Waals surface area contributed by atoms with Crippen molar-refractivity contribution in [1.29, 1.82) is 0 Å². The maximum atomic E-state index is 5.67. The van der Waals surface area contributed by atoms with Crippen molar-refractivity contribution >= 4 is 49.9 Å². The van der Waals surface area contributed by atoms with E-state index in [4.69, 9.17) is 5.84 Å². The maximum Gasteiger partial charge on any atom is 0.0701 e. The van der Waals surface area contributed by atoms with Gasteiger partial charge in [0.25, 0.3) is 0 Å². The molecule has 2 rings (SSSR count). The summed E-state index contributed by atoms with van der Waals surface area (Å²) >= 11 is 7.58. The molecule has 1 heterocycles. The van der Waals surface area contributed by atoms with Crippen LogP contribution in [0.1, 0.15) is 16.5 Å². The lowest BCUT2D eigenvalue weighted by Gasteiger charge is -2.16. The highest BCUT2D eigenvalue weighted by Gasteiger charge is 2.14. The molecule has 2 nitrogen and oxygen atoms in total. The number of rotatable bonds is 4. The second-order valence-electron chi connectivity index (χ2n) is 3.65. The molecule has 1 unspecified atom stereocenters. The molecule has 0 fully saturated rings. The van der Waals surface area contributed by atoms with E-state index in [1.807, 2.05) is 12.1 Å². The molecule has 90 valence electrons. The van der Waals surface area contributed by atoms with Gasteiger partial charge in [0.1, 0.15) is 0 Å².